The van der Waals surface area contributed by atoms with E-state index in [2.05, 4.69) is 122 Å². The number of hydrogen-bond donors (Lipinski definition) is 0. The highest BCUT2D eigenvalue weighted by Gasteiger charge is 2.20. The Labute approximate surface area is 267 Å². The van der Waals surface area contributed by atoms with Gasteiger partial charge in [-0.3, -0.25) is 4.99 Å². The van der Waals surface area contributed by atoms with Crippen LogP contribution in [0, 0.1) is 13.8 Å². The molecule has 0 spiro atoms. The van der Waals surface area contributed by atoms with E-state index in [0.29, 0.717) is 5.89 Å². The minimum absolute atomic E-state index is 0.0392. The average Bonchev–Trinajstić information content (AvgIpc) is 3.45. The molecule has 0 radical (unpaired) electrons. The lowest BCUT2D eigenvalue weighted by atomic mass is 9.79. The maximum atomic E-state index is 6.37. The fraction of sp³-hybridized carbons (Fsp3) is 0.238. The number of benzene rings is 5. The Morgan fingerprint density at radius 3 is 1.91 bits per heavy atom. The summed E-state index contributed by atoms with van der Waals surface area (Å²) in [4.78, 5) is 10.0. The molecule has 3 heteroatoms. The van der Waals surface area contributed by atoms with Gasteiger partial charge in [0.2, 0.25) is 5.89 Å². The van der Waals surface area contributed by atoms with Gasteiger partial charge < -0.3 is 4.42 Å². The molecule has 0 amide bonds. The minimum atomic E-state index is 0.0392. The molecule has 0 atom stereocenters. The van der Waals surface area contributed by atoms with Crippen LogP contribution >= 0.6 is 0 Å². The van der Waals surface area contributed by atoms with E-state index in [-0.39, 0.29) is 10.8 Å². The zero-order valence-corrected chi connectivity index (χ0v) is 27.7. The normalized spacial score (nSPS) is 12.4. The Hall–Kier alpha value is -4.76. The van der Waals surface area contributed by atoms with Crippen molar-refractivity contribution in [3.8, 4) is 33.7 Å². The van der Waals surface area contributed by atoms with Gasteiger partial charge in [0.25, 0.3) is 0 Å². The summed E-state index contributed by atoms with van der Waals surface area (Å²) < 4.78 is 6.37. The summed E-state index contributed by atoms with van der Waals surface area (Å²) in [6.07, 6.45) is 1.97. The van der Waals surface area contributed by atoms with Crippen LogP contribution < -0.4 is 0 Å². The highest BCUT2D eigenvalue weighted by molar-refractivity contribution is 5.93. The summed E-state index contributed by atoms with van der Waals surface area (Å²) in [5.41, 5.74) is 14.2. The Bertz CT molecular complexity index is 2000. The number of para-hydroxylation sites is 2. The van der Waals surface area contributed by atoms with Crippen molar-refractivity contribution in [2.24, 2.45) is 4.99 Å². The molecule has 1 heterocycles. The standard InChI is InChI=1S/C42H42N2O/c1-27-16-17-28(2)36(22-27)31-20-18-30(19-21-31)34-13-11-15-38-39(34)44-40(45-38)35-12-9-10-14-37(35)43-26-29-23-32(41(3,4)5)25-33(24-29)42(6,7)8/h9-26H,1-8H3. The van der Waals surface area contributed by atoms with Gasteiger partial charge in [0.1, 0.15) is 5.52 Å². The summed E-state index contributed by atoms with van der Waals surface area (Å²) in [6, 6.07) is 36.4. The number of rotatable bonds is 5. The maximum absolute atomic E-state index is 6.37. The van der Waals surface area contributed by atoms with Gasteiger partial charge >= 0.3 is 0 Å². The molecule has 0 aliphatic rings. The Morgan fingerprint density at radius 2 is 1.24 bits per heavy atom. The molecule has 0 aliphatic heterocycles. The Balaban J connectivity index is 1.36. The number of nitrogens with zero attached hydrogens (tertiary/aromatic N) is 2. The first-order valence-corrected chi connectivity index (χ1v) is 15.7. The number of aryl methyl sites for hydroxylation is 2. The third kappa shape index (κ3) is 6.40. The van der Waals surface area contributed by atoms with Crippen molar-refractivity contribution in [3.63, 3.8) is 0 Å². The van der Waals surface area contributed by atoms with Gasteiger partial charge in [-0.05, 0) is 94.0 Å². The van der Waals surface area contributed by atoms with Crippen molar-refractivity contribution in [1.82, 2.24) is 4.98 Å². The largest absolute Gasteiger partial charge is 0.436 e. The fourth-order valence-electron chi connectivity index (χ4n) is 5.68. The van der Waals surface area contributed by atoms with E-state index in [1.807, 2.05) is 42.6 Å². The Morgan fingerprint density at radius 1 is 0.622 bits per heavy atom. The topological polar surface area (TPSA) is 38.4 Å². The fourth-order valence-corrected chi connectivity index (χ4v) is 5.68. The van der Waals surface area contributed by atoms with Gasteiger partial charge in [0.15, 0.2) is 5.58 Å². The molecule has 0 aliphatic carbocycles. The molecule has 0 saturated carbocycles. The SMILES string of the molecule is Cc1ccc(C)c(-c2ccc(-c3cccc4oc(-c5ccccc5N=Cc5cc(C(C)(C)C)cc(C(C)(C)C)c5)nc34)cc2)c1. The van der Waals surface area contributed by atoms with Crippen molar-refractivity contribution in [2.75, 3.05) is 0 Å². The molecule has 0 unspecified atom stereocenters. The predicted octanol–water partition coefficient (Wildman–Crippen LogP) is 11.8. The van der Waals surface area contributed by atoms with Gasteiger partial charge in [0, 0.05) is 11.8 Å². The first kappa shape index (κ1) is 30.3. The molecule has 0 N–H and O–H groups in total. The molecule has 6 rings (SSSR count). The monoisotopic (exact) mass is 590 g/mol. The zero-order valence-electron chi connectivity index (χ0n) is 27.7. The van der Waals surface area contributed by atoms with Crippen LogP contribution in [0.1, 0.15) is 69.4 Å². The lowest BCUT2D eigenvalue weighted by Gasteiger charge is -2.25. The third-order valence-corrected chi connectivity index (χ3v) is 8.49. The molecule has 6 aromatic rings. The molecule has 1 aromatic heterocycles. The number of aliphatic imine (C=N–C) groups is 1. The first-order chi connectivity index (χ1) is 21.4. The van der Waals surface area contributed by atoms with E-state index in [4.69, 9.17) is 14.4 Å². The van der Waals surface area contributed by atoms with Gasteiger partial charge in [-0.25, -0.2) is 4.98 Å². The molecular weight excluding hydrogens is 548 g/mol. The summed E-state index contributed by atoms with van der Waals surface area (Å²) in [6.45, 7) is 17.8. The van der Waals surface area contributed by atoms with E-state index >= 15 is 0 Å². The summed E-state index contributed by atoms with van der Waals surface area (Å²) in [7, 11) is 0. The van der Waals surface area contributed by atoms with Crippen LogP contribution in [-0.4, -0.2) is 11.2 Å². The molecule has 0 bridgehead atoms. The molecule has 226 valence electrons. The van der Waals surface area contributed by atoms with Crippen molar-refractivity contribution in [3.05, 3.63) is 131 Å². The van der Waals surface area contributed by atoms with Gasteiger partial charge in [-0.1, -0.05) is 120 Å². The van der Waals surface area contributed by atoms with Crippen molar-refractivity contribution >= 4 is 23.0 Å². The van der Waals surface area contributed by atoms with Crippen LogP contribution in [0.25, 0.3) is 44.8 Å². The van der Waals surface area contributed by atoms with E-state index in [9.17, 15) is 0 Å². The number of oxazole rings is 1. The van der Waals surface area contributed by atoms with Crippen LogP contribution in [-0.2, 0) is 10.8 Å². The summed E-state index contributed by atoms with van der Waals surface area (Å²) in [5, 5.41) is 0. The van der Waals surface area contributed by atoms with Crippen LogP contribution in [0.2, 0.25) is 0 Å². The zero-order chi connectivity index (χ0) is 31.9. The van der Waals surface area contributed by atoms with Gasteiger partial charge in [-0.2, -0.15) is 0 Å². The highest BCUT2D eigenvalue weighted by Crippen LogP contribution is 2.37. The number of fused-ring (bicyclic) bond motifs is 1. The number of hydrogen-bond acceptors (Lipinski definition) is 3. The molecule has 5 aromatic carbocycles. The van der Waals surface area contributed by atoms with E-state index in [1.165, 1.54) is 33.4 Å². The molecule has 45 heavy (non-hydrogen) atoms. The summed E-state index contributed by atoms with van der Waals surface area (Å²) >= 11 is 0. The second-order valence-electron chi connectivity index (χ2n) is 14.2. The smallest absolute Gasteiger partial charge is 0.229 e. The van der Waals surface area contributed by atoms with Crippen LogP contribution in [0.15, 0.2) is 113 Å². The Kier molecular flexibility index (Phi) is 7.82. The predicted molar refractivity (Wildman–Crippen MR) is 191 cm³/mol. The second kappa shape index (κ2) is 11.6. The average molecular weight is 591 g/mol. The van der Waals surface area contributed by atoms with Crippen LogP contribution in [0.5, 0.6) is 0 Å². The van der Waals surface area contributed by atoms with Crippen molar-refractivity contribution in [1.29, 1.82) is 0 Å². The molecule has 0 fully saturated rings. The van der Waals surface area contributed by atoms with Gasteiger partial charge in [-0.15, -0.1) is 0 Å². The molecule has 3 nitrogen and oxygen atoms in total. The highest BCUT2D eigenvalue weighted by atomic mass is 16.3. The van der Waals surface area contributed by atoms with E-state index < -0.39 is 0 Å². The quantitative estimate of drug-likeness (QED) is 0.187. The lowest BCUT2D eigenvalue weighted by molar-refractivity contribution is 0.568. The van der Waals surface area contributed by atoms with Crippen LogP contribution in [0.3, 0.4) is 0 Å². The molecule has 0 saturated heterocycles. The van der Waals surface area contributed by atoms with Crippen molar-refractivity contribution < 1.29 is 4.42 Å². The first-order valence-electron chi connectivity index (χ1n) is 15.7. The second-order valence-corrected chi connectivity index (χ2v) is 14.2. The van der Waals surface area contributed by atoms with Gasteiger partial charge in [0.05, 0.1) is 11.3 Å². The van der Waals surface area contributed by atoms with E-state index in [1.54, 1.807) is 0 Å². The number of aromatic nitrogens is 1. The van der Waals surface area contributed by atoms with Crippen LogP contribution in [0.4, 0.5) is 5.69 Å². The third-order valence-electron chi connectivity index (χ3n) is 8.49. The van der Waals surface area contributed by atoms with Crippen molar-refractivity contribution in [2.45, 2.75) is 66.2 Å². The maximum Gasteiger partial charge on any atom is 0.229 e. The van der Waals surface area contributed by atoms with E-state index in [0.717, 1.165) is 39.0 Å². The lowest BCUT2D eigenvalue weighted by Crippen LogP contribution is -2.17. The summed E-state index contributed by atoms with van der Waals surface area (Å²) in [5.74, 6) is 0.566. The molecular formula is C42H42N2O. The minimum Gasteiger partial charge on any atom is -0.436 e.